The predicted octanol–water partition coefficient (Wildman–Crippen LogP) is 4.19. The lowest BCUT2D eigenvalue weighted by Crippen LogP contribution is -2.41. The zero-order chi connectivity index (χ0) is 24.2. The second-order valence-corrected chi connectivity index (χ2v) is 11.2. The summed E-state index contributed by atoms with van der Waals surface area (Å²) in [5, 5.41) is 0. The Morgan fingerprint density at radius 3 is 2.33 bits per heavy atom. The molecule has 0 bridgehead atoms. The van der Waals surface area contributed by atoms with Gasteiger partial charge in [0.1, 0.15) is 29.4 Å². The average molecular weight is 477 g/mol. The van der Waals surface area contributed by atoms with Crippen LogP contribution in [0.5, 0.6) is 11.5 Å². The van der Waals surface area contributed by atoms with Gasteiger partial charge in [-0.25, -0.2) is 13.2 Å². The number of benzene rings is 1. The third kappa shape index (κ3) is 6.83. The van der Waals surface area contributed by atoms with E-state index in [4.69, 9.17) is 14.2 Å². The van der Waals surface area contributed by atoms with E-state index < -0.39 is 15.4 Å². The first kappa shape index (κ1) is 24.8. The summed E-state index contributed by atoms with van der Waals surface area (Å²) < 4.78 is 39.9. The number of amides is 1. The van der Waals surface area contributed by atoms with Crippen LogP contribution < -0.4 is 9.47 Å². The van der Waals surface area contributed by atoms with Crippen LogP contribution in [-0.4, -0.2) is 56.5 Å². The van der Waals surface area contributed by atoms with E-state index in [9.17, 15) is 13.2 Å². The molecule has 1 saturated heterocycles. The van der Waals surface area contributed by atoms with Crippen molar-refractivity contribution in [3.05, 3.63) is 47.8 Å². The van der Waals surface area contributed by atoms with Crippen molar-refractivity contribution in [1.82, 2.24) is 9.88 Å². The molecule has 1 amide bonds. The number of piperidine rings is 1. The minimum Gasteiger partial charge on any atom is -0.495 e. The lowest BCUT2D eigenvalue weighted by atomic mass is 9.90. The molecule has 0 saturated carbocycles. The molecule has 2 aromatic rings. The monoisotopic (exact) mass is 476 g/mol. The summed E-state index contributed by atoms with van der Waals surface area (Å²) in [4.78, 5) is 18.8. The largest absolute Gasteiger partial charge is 0.495 e. The molecule has 0 radical (unpaired) electrons. The van der Waals surface area contributed by atoms with Crippen LogP contribution >= 0.6 is 0 Å². The number of carbonyl (C=O) groups is 1. The SMILES string of the molecule is COc1cc(C2CCN(C(=O)OC(C)(C)C)CC2)cnc1COc1ccc(S(C)(=O)=O)cc1. The predicted molar refractivity (Wildman–Crippen MR) is 124 cm³/mol. The maximum absolute atomic E-state index is 12.3. The van der Waals surface area contributed by atoms with Gasteiger partial charge in [0.25, 0.3) is 0 Å². The van der Waals surface area contributed by atoms with Gasteiger partial charge in [-0.1, -0.05) is 0 Å². The van der Waals surface area contributed by atoms with Crippen LogP contribution in [0, 0.1) is 0 Å². The molecule has 1 aliphatic rings. The summed E-state index contributed by atoms with van der Waals surface area (Å²) in [6.07, 6.45) is 4.38. The van der Waals surface area contributed by atoms with E-state index in [-0.39, 0.29) is 23.5 Å². The average Bonchev–Trinajstić information content (AvgIpc) is 2.76. The van der Waals surface area contributed by atoms with Crippen LogP contribution in [0.1, 0.15) is 50.8 Å². The molecule has 2 heterocycles. The molecular formula is C24H32N2O6S. The van der Waals surface area contributed by atoms with E-state index in [1.54, 1.807) is 24.1 Å². The van der Waals surface area contributed by atoms with Crippen molar-refractivity contribution in [2.24, 2.45) is 0 Å². The molecule has 3 rings (SSSR count). The zero-order valence-electron chi connectivity index (χ0n) is 19.8. The Morgan fingerprint density at radius 2 is 1.79 bits per heavy atom. The van der Waals surface area contributed by atoms with E-state index in [0.29, 0.717) is 30.3 Å². The van der Waals surface area contributed by atoms with Crippen molar-refractivity contribution in [2.45, 2.75) is 56.6 Å². The summed E-state index contributed by atoms with van der Waals surface area (Å²) in [6.45, 7) is 7.06. The molecule has 1 aromatic carbocycles. The van der Waals surface area contributed by atoms with Gasteiger partial charge in [-0.2, -0.15) is 0 Å². The molecule has 180 valence electrons. The molecule has 9 heteroatoms. The second kappa shape index (κ2) is 9.99. The Labute approximate surface area is 195 Å². The van der Waals surface area contributed by atoms with Gasteiger partial charge in [0.2, 0.25) is 0 Å². The molecule has 1 fully saturated rings. The van der Waals surface area contributed by atoms with E-state index >= 15 is 0 Å². The molecular weight excluding hydrogens is 444 g/mol. The van der Waals surface area contributed by atoms with E-state index in [1.165, 1.54) is 18.4 Å². The number of aromatic nitrogens is 1. The Kier molecular flexibility index (Phi) is 7.51. The summed E-state index contributed by atoms with van der Waals surface area (Å²) >= 11 is 0. The first-order valence-electron chi connectivity index (χ1n) is 10.9. The van der Waals surface area contributed by atoms with Crippen molar-refractivity contribution >= 4 is 15.9 Å². The van der Waals surface area contributed by atoms with Crippen LogP contribution in [-0.2, 0) is 21.2 Å². The van der Waals surface area contributed by atoms with Crippen molar-refractivity contribution in [2.75, 3.05) is 26.5 Å². The smallest absolute Gasteiger partial charge is 0.410 e. The molecule has 0 unspecified atom stereocenters. The fourth-order valence-electron chi connectivity index (χ4n) is 3.65. The summed E-state index contributed by atoms with van der Waals surface area (Å²) in [6, 6.07) is 8.25. The van der Waals surface area contributed by atoms with Gasteiger partial charge >= 0.3 is 6.09 Å². The number of likely N-dealkylation sites (tertiary alicyclic amines) is 1. The molecule has 1 aliphatic heterocycles. The lowest BCUT2D eigenvalue weighted by Gasteiger charge is -2.33. The van der Waals surface area contributed by atoms with E-state index in [2.05, 4.69) is 4.98 Å². The van der Waals surface area contributed by atoms with Crippen LogP contribution in [0.25, 0.3) is 0 Å². The number of carbonyl (C=O) groups excluding carboxylic acids is 1. The van der Waals surface area contributed by atoms with Crippen molar-refractivity contribution in [3.8, 4) is 11.5 Å². The van der Waals surface area contributed by atoms with Crippen molar-refractivity contribution < 1.29 is 27.4 Å². The lowest BCUT2D eigenvalue weighted by molar-refractivity contribution is 0.0204. The van der Waals surface area contributed by atoms with Crippen LogP contribution in [0.2, 0.25) is 0 Å². The number of rotatable bonds is 6. The summed E-state index contributed by atoms with van der Waals surface area (Å²) in [5.41, 5.74) is 1.22. The minimum absolute atomic E-state index is 0.193. The molecule has 33 heavy (non-hydrogen) atoms. The Hall–Kier alpha value is -2.81. The number of ether oxygens (including phenoxy) is 3. The third-order valence-corrected chi connectivity index (χ3v) is 6.55. The number of hydrogen-bond donors (Lipinski definition) is 0. The number of nitrogens with zero attached hydrogens (tertiary/aromatic N) is 2. The van der Waals surface area contributed by atoms with Gasteiger partial charge in [0, 0.05) is 25.5 Å². The Bertz CT molecular complexity index is 1070. The highest BCUT2D eigenvalue weighted by Gasteiger charge is 2.28. The molecule has 0 aliphatic carbocycles. The van der Waals surface area contributed by atoms with Crippen molar-refractivity contribution in [3.63, 3.8) is 0 Å². The highest BCUT2D eigenvalue weighted by atomic mass is 32.2. The van der Waals surface area contributed by atoms with Crippen LogP contribution in [0.3, 0.4) is 0 Å². The molecule has 0 atom stereocenters. The zero-order valence-corrected chi connectivity index (χ0v) is 20.6. The Morgan fingerprint density at radius 1 is 1.15 bits per heavy atom. The number of methoxy groups -OCH3 is 1. The standard InChI is InChI=1S/C24H32N2O6S/c1-24(2,3)32-23(27)26-12-10-17(11-13-26)18-14-22(30-4)21(25-15-18)16-31-19-6-8-20(9-7-19)33(5,28)29/h6-9,14-15,17H,10-13,16H2,1-5H3. The fraction of sp³-hybridized carbons (Fsp3) is 0.500. The first-order valence-corrected chi connectivity index (χ1v) is 12.8. The summed E-state index contributed by atoms with van der Waals surface area (Å²) in [7, 11) is -1.65. The van der Waals surface area contributed by atoms with E-state index in [0.717, 1.165) is 18.4 Å². The van der Waals surface area contributed by atoms with Gasteiger partial charge in [-0.05, 0) is 75.4 Å². The van der Waals surface area contributed by atoms with Crippen molar-refractivity contribution in [1.29, 1.82) is 0 Å². The van der Waals surface area contributed by atoms with Gasteiger partial charge in [0.15, 0.2) is 9.84 Å². The molecule has 8 nitrogen and oxygen atoms in total. The van der Waals surface area contributed by atoms with Gasteiger partial charge in [-0.3, -0.25) is 4.98 Å². The molecule has 0 spiro atoms. The third-order valence-electron chi connectivity index (χ3n) is 5.42. The molecule has 1 aromatic heterocycles. The maximum atomic E-state index is 12.3. The topological polar surface area (TPSA) is 95.0 Å². The number of pyridine rings is 1. The normalized spacial score (nSPS) is 15.2. The summed E-state index contributed by atoms with van der Waals surface area (Å²) in [5.74, 6) is 1.46. The van der Waals surface area contributed by atoms with Gasteiger partial charge in [0.05, 0.1) is 12.0 Å². The minimum atomic E-state index is -3.25. The molecule has 0 N–H and O–H groups in total. The number of hydrogen-bond acceptors (Lipinski definition) is 7. The number of sulfone groups is 1. The van der Waals surface area contributed by atoms with Crippen LogP contribution in [0.15, 0.2) is 41.4 Å². The maximum Gasteiger partial charge on any atom is 0.410 e. The first-order chi connectivity index (χ1) is 15.5. The van der Waals surface area contributed by atoms with Gasteiger partial charge < -0.3 is 19.1 Å². The quantitative estimate of drug-likeness (QED) is 0.617. The Balaban J connectivity index is 1.60. The fourth-order valence-corrected chi connectivity index (χ4v) is 4.28. The van der Waals surface area contributed by atoms with Crippen LogP contribution in [0.4, 0.5) is 4.79 Å². The van der Waals surface area contributed by atoms with Gasteiger partial charge in [-0.15, -0.1) is 0 Å². The van der Waals surface area contributed by atoms with E-state index in [1.807, 2.05) is 33.0 Å². The highest BCUT2D eigenvalue weighted by molar-refractivity contribution is 7.90. The highest BCUT2D eigenvalue weighted by Crippen LogP contribution is 2.31. The second-order valence-electron chi connectivity index (χ2n) is 9.19.